The number of nitrogens with one attached hydrogen (secondary N) is 1. The minimum atomic E-state index is 0.919. The molecule has 0 bridgehead atoms. The molecule has 0 saturated carbocycles. The second kappa shape index (κ2) is 7.46. The molecule has 1 N–H and O–H groups in total. The van der Waals surface area contributed by atoms with E-state index < -0.39 is 0 Å². The van der Waals surface area contributed by atoms with Crippen LogP contribution >= 0.6 is 0 Å². The zero-order valence-corrected chi connectivity index (χ0v) is 12.2. The van der Waals surface area contributed by atoms with Crippen molar-refractivity contribution in [3.05, 3.63) is 24.0 Å². The number of hydrogen-bond acceptors (Lipinski definition) is 4. The smallest absolute Gasteiger partial charge is 0.0596 e. The van der Waals surface area contributed by atoms with Crippen molar-refractivity contribution < 1.29 is 0 Å². The van der Waals surface area contributed by atoms with Crippen molar-refractivity contribution in [2.45, 2.75) is 26.3 Å². The maximum Gasteiger partial charge on any atom is 0.0596 e. The van der Waals surface area contributed by atoms with Gasteiger partial charge in [0.1, 0.15) is 0 Å². The van der Waals surface area contributed by atoms with E-state index in [4.69, 9.17) is 0 Å². The number of anilines is 1. The molecule has 4 heteroatoms. The summed E-state index contributed by atoms with van der Waals surface area (Å²) in [6.07, 6.45) is 6.59. The number of pyridine rings is 1. The quantitative estimate of drug-likeness (QED) is 0.811. The molecule has 4 nitrogen and oxygen atoms in total. The minimum absolute atomic E-state index is 0.919. The van der Waals surface area contributed by atoms with Crippen molar-refractivity contribution in [2.75, 3.05) is 44.7 Å². The predicted molar refractivity (Wildman–Crippen MR) is 80.6 cm³/mol. The lowest BCUT2D eigenvalue weighted by molar-refractivity contribution is 0.346. The van der Waals surface area contributed by atoms with E-state index in [1.807, 2.05) is 12.4 Å². The van der Waals surface area contributed by atoms with Crippen LogP contribution in [0.4, 0.5) is 5.69 Å². The summed E-state index contributed by atoms with van der Waals surface area (Å²) in [6.45, 7) is 8.83. The third kappa shape index (κ3) is 4.18. The minimum Gasteiger partial charge on any atom is -0.372 e. The molecule has 19 heavy (non-hydrogen) atoms. The Balaban J connectivity index is 1.91. The van der Waals surface area contributed by atoms with Crippen LogP contribution in [-0.2, 0) is 6.54 Å². The molecule has 1 fully saturated rings. The summed E-state index contributed by atoms with van der Waals surface area (Å²) in [7, 11) is 2.17. The molecule has 0 radical (unpaired) electrons. The standard InChI is InChI=1S/C15H26N4/c1-3-16-12-14-6-7-17-13-15(14)18(2)10-11-19-8-4-5-9-19/h6-7,13,16H,3-5,8-12H2,1-2H3. The number of likely N-dealkylation sites (N-methyl/N-ethyl adjacent to an activating group) is 1. The van der Waals surface area contributed by atoms with Crippen LogP contribution in [-0.4, -0.2) is 49.7 Å². The third-order valence-corrected chi connectivity index (χ3v) is 3.81. The zero-order valence-electron chi connectivity index (χ0n) is 12.2. The fraction of sp³-hybridized carbons (Fsp3) is 0.667. The summed E-state index contributed by atoms with van der Waals surface area (Å²) in [5.74, 6) is 0. The van der Waals surface area contributed by atoms with E-state index in [0.717, 1.165) is 26.2 Å². The topological polar surface area (TPSA) is 31.4 Å². The number of nitrogens with zero attached hydrogens (tertiary/aromatic N) is 3. The van der Waals surface area contributed by atoms with Crippen LogP contribution < -0.4 is 10.2 Å². The van der Waals surface area contributed by atoms with Crippen molar-refractivity contribution in [1.29, 1.82) is 0 Å². The van der Waals surface area contributed by atoms with Crippen molar-refractivity contribution in [3.63, 3.8) is 0 Å². The lowest BCUT2D eigenvalue weighted by atomic mass is 10.2. The normalized spacial score (nSPS) is 15.9. The average Bonchev–Trinajstić information content (AvgIpc) is 2.96. The molecule has 1 aliphatic heterocycles. The molecule has 0 atom stereocenters. The maximum atomic E-state index is 4.27. The van der Waals surface area contributed by atoms with E-state index in [9.17, 15) is 0 Å². The maximum absolute atomic E-state index is 4.27. The molecule has 0 unspecified atom stereocenters. The van der Waals surface area contributed by atoms with Gasteiger partial charge in [0.2, 0.25) is 0 Å². The summed E-state index contributed by atoms with van der Waals surface area (Å²) >= 11 is 0. The van der Waals surface area contributed by atoms with Gasteiger partial charge < -0.3 is 15.1 Å². The first kappa shape index (κ1) is 14.3. The van der Waals surface area contributed by atoms with Crippen LogP contribution in [0, 0.1) is 0 Å². The zero-order chi connectivity index (χ0) is 13.5. The van der Waals surface area contributed by atoms with Crippen molar-refractivity contribution >= 4 is 5.69 Å². The van der Waals surface area contributed by atoms with Crippen LogP contribution in [0.5, 0.6) is 0 Å². The SMILES string of the molecule is CCNCc1ccncc1N(C)CCN1CCCC1. The van der Waals surface area contributed by atoms with Gasteiger partial charge in [-0.25, -0.2) is 0 Å². The lowest BCUT2D eigenvalue weighted by Gasteiger charge is -2.25. The molecule has 2 heterocycles. The lowest BCUT2D eigenvalue weighted by Crippen LogP contribution is -2.32. The molecule has 1 aliphatic rings. The highest BCUT2D eigenvalue weighted by Crippen LogP contribution is 2.18. The first-order valence-corrected chi connectivity index (χ1v) is 7.38. The molecular weight excluding hydrogens is 236 g/mol. The number of rotatable bonds is 7. The van der Waals surface area contributed by atoms with E-state index in [1.165, 1.54) is 37.2 Å². The molecule has 0 amide bonds. The Kier molecular flexibility index (Phi) is 5.61. The van der Waals surface area contributed by atoms with Crippen molar-refractivity contribution in [2.24, 2.45) is 0 Å². The Bertz CT molecular complexity index is 374. The Hall–Kier alpha value is -1.13. The average molecular weight is 262 g/mol. The van der Waals surface area contributed by atoms with Gasteiger partial charge in [0.15, 0.2) is 0 Å². The molecule has 1 saturated heterocycles. The molecular formula is C15H26N4. The number of likely N-dealkylation sites (tertiary alicyclic amines) is 1. The van der Waals surface area contributed by atoms with E-state index >= 15 is 0 Å². The highest BCUT2D eigenvalue weighted by Gasteiger charge is 2.13. The van der Waals surface area contributed by atoms with Crippen LogP contribution in [0.3, 0.4) is 0 Å². The molecule has 0 spiro atoms. The summed E-state index contributed by atoms with van der Waals surface area (Å²) in [5, 5.41) is 3.39. The van der Waals surface area contributed by atoms with Gasteiger partial charge in [0, 0.05) is 32.9 Å². The predicted octanol–water partition coefficient (Wildman–Crippen LogP) is 1.72. The Morgan fingerprint density at radius 1 is 1.37 bits per heavy atom. The second-order valence-corrected chi connectivity index (χ2v) is 5.26. The molecule has 0 aliphatic carbocycles. The van der Waals surface area contributed by atoms with Crippen LogP contribution in [0.1, 0.15) is 25.3 Å². The fourth-order valence-electron chi connectivity index (χ4n) is 2.59. The Morgan fingerprint density at radius 2 is 2.16 bits per heavy atom. The van der Waals surface area contributed by atoms with Crippen molar-refractivity contribution in [3.8, 4) is 0 Å². The highest BCUT2D eigenvalue weighted by molar-refractivity contribution is 5.50. The van der Waals surface area contributed by atoms with E-state index in [0.29, 0.717) is 0 Å². The highest BCUT2D eigenvalue weighted by atomic mass is 15.2. The summed E-state index contributed by atoms with van der Waals surface area (Å²) in [4.78, 5) is 9.15. The fourth-order valence-corrected chi connectivity index (χ4v) is 2.59. The van der Waals surface area contributed by atoms with E-state index in [2.05, 4.69) is 40.1 Å². The van der Waals surface area contributed by atoms with Gasteiger partial charge in [0.05, 0.1) is 11.9 Å². The van der Waals surface area contributed by atoms with Gasteiger partial charge in [-0.1, -0.05) is 6.92 Å². The van der Waals surface area contributed by atoms with E-state index in [1.54, 1.807) is 0 Å². The van der Waals surface area contributed by atoms with E-state index in [-0.39, 0.29) is 0 Å². The summed E-state index contributed by atoms with van der Waals surface area (Å²) in [6, 6.07) is 2.12. The first-order chi connectivity index (χ1) is 9.31. The van der Waals surface area contributed by atoms with Crippen LogP contribution in [0.25, 0.3) is 0 Å². The largest absolute Gasteiger partial charge is 0.372 e. The van der Waals surface area contributed by atoms with Gasteiger partial charge in [-0.2, -0.15) is 0 Å². The van der Waals surface area contributed by atoms with Gasteiger partial charge in [-0.3, -0.25) is 4.98 Å². The van der Waals surface area contributed by atoms with Gasteiger partial charge in [-0.15, -0.1) is 0 Å². The van der Waals surface area contributed by atoms with Crippen LogP contribution in [0.2, 0.25) is 0 Å². The molecule has 0 aromatic carbocycles. The molecule has 106 valence electrons. The molecule has 1 aromatic rings. The van der Waals surface area contributed by atoms with Gasteiger partial charge >= 0.3 is 0 Å². The number of aromatic nitrogens is 1. The van der Waals surface area contributed by atoms with Crippen LogP contribution in [0.15, 0.2) is 18.5 Å². The second-order valence-electron chi connectivity index (χ2n) is 5.26. The van der Waals surface area contributed by atoms with Gasteiger partial charge in [-0.05, 0) is 44.1 Å². The third-order valence-electron chi connectivity index (χ3n) is 3.81. The monoisotopic (exact) mass is 262 g/mol. The summed E-state index contributed by atoms with van der Waals surface area (Å²) < 4.78 is 0. The molecule has 2 rings (SSSR count). The Labute approximate surface area is 116 Å². The van der Waals surface area contributed by atoms with Crippen molar-refractivity contribution in [1.82, 2.24) is 15.2 Å². The first-order valence-electron chi connectivity index (χ1n) is 7.38. The van der Waals surface area contributed by atoms with Gasteiger partial charge in [0.25, 0.3) is 0 Å². The summed E-state index contributed by atoms with van der Waals surface area (Å²) in [5.41, 5.74) is 2.59. The Morgan fingerprint density at radius 3 is 2.89 bits per heavy atom. The number of hydrogen-bond donors (Lipinski definition) is 1. The molecule has 1 aromatic heterocycles.